The summed E-state index contributed by atoms with van der Waals surface area (Å²) in [4.78, 5) is 2.41. The summed E-state index contributed by atoms with van der Waals surface area (Å²) in [6, 6.07) is 1.49. The van der Waals surface area contributed by atoms with E-state index in [1.807, 2.05) is 0 Å². The highest BCUT2D eigenvalue weighted by atomic mass is 16.3. The monoisotopic (exact) mass is 153 g/mol. The van der Waals surface area contributed by atoms with Crippen LogP contribution in [0.15, 0.2) is 0 Å². The van der Waals surface area contributed by atoms with Gasteiger partial charge in [0.2, 0.25) is 0 Å². The van der Waals surface area contributed by atoms with E-state index in [9.17, 15) is 5.11 Å². The predicted octanol–water partition coefficient (Wildman–Crippen LogP) is 1.10. The Balaban J connectivity index is 2.00. The summed E-state index contributed by atoms with van der Waals surface area (Å²) in [5.41, 5.74) is -0.355. The van der Waals surface area contributed by atoms with E-state index in [4.69, 9.17) is 0 Å². The molecule has 1 unspecified atom stereocenters. The lowest BCUT2D eigenvalue weighted by atomic mass is 10.1. The lowest BCUT2D eigenvalue weighted by molar-refractivity contribution is -0.0667. The van der Waals surface area contributed by atoms with Crippen LogP contribution >= 0.6 is 0 Å². The maximum atomic E-state index is 10.1. The minimum atomic E-state index is -0.355. The van der Waals surface area contributed by atoms with Crippen molar-refractivity contribution in [2.24, 2.45) is 0 Å². The molecular formula is C9H15NO. The lowest BCUT2D eigenvalue weighted by Gasteiger charge is -2.28. The van der Waals surface area contributed by atoms with Gasteiger partial charge in [0.15, 0.2) is 0 Å². The van der Waals surface area contributed by atoms with E-state index in [0.29, 0.717) is 0 Å². The van der Waals surface area contributed by atoms with Crippen LogP contribution in [0.25, 0.3) is 0 Å². The third-order valence-electron chi connectivity index (χ3n) is 3.86. The normalized spacial score (nSPS) is 55.4. The van der Waals surface area contributed by atoms with Gasteiger partial charge in [-0.05, 0) is 38.5 Å². The Morgan fingerprint density at radius 2 is 1.55 bits per heavy atom. The van der Waals surface area contributed by atoms with Crippen LogP contribution in [0.4, 0.5) is 0 Å². The quantitative estimate of drug-likeness (QED) is 0.563. The molecule has 0 aromatic heterocycles. The molecule has 2 heteroatoms. The molecule has 3 aliphatic rings. The van der Waals surface area contributed by atoms with Crippen molar-refractivity contribution in [1.82, 2.24) is 4.90 Å². The van der Waals surface area contributed by atoms with Gasteiger partial charge in [-0.2, -0.15) is 0 Å². The van der Waals surface area contributed by atoms with E-state index < -0.39 is 0 Å². The summed E-state index contributed by atoms with van der Waals surface area (Å²) in [6.45, 7) is 0. The maximum Gasteiger partial charge on any atom is 0.119 e. The third kappa shape index (κ3) is 0.651. The van der Waals surface area contributed by atoms with E-state index in [1.54, 1.807) is 0 Å². The van der Waals surface area contributed by atoms with Crippen LogP contribution in [0.1, 0.15) is 38.5 Å². The van der Waals surface area contributed by atoms with Crippen LogP contribution < -0.4 is 0 Å². The largest absolute Gasteiger partial charge is 0.376 e. The second-order valence-corrected chi connectivity index (χ2v) is 4.35. The van der Waals surface area contributed by atoms with Crippen LogP contribution in [0.3, 0.4) is 0 Å². The number of rotatable bonds is 0. The summed E-state index contributed by atoms with van der Waals surface area (Å²) in [6.07, 6.45) is 7.24. The molecule has 0 spiro atoms. The van der Waals surface area contributed by atoms with E-state index in [0.717, 1.165) is 24.9 Å². The Morgan fingerprint density at radius 1 is 1.00 bits per heavy atom. The van der Waals surface area contributed by atoms with Gasteiger partial charge in [0.05, 0.1) is 0 Å². The number of nitrogens with zero attached hydrogens (tertiary/aromatic N) is 1. The van der Waals surface area contributed by atoms with Gasteiger partial charge in [-0.1, -0.05) is 0 Å². The first kappa shape index (κ1) is 6.44. The van der Waals surface area contributed by atoms with Crippen molar-refractivity contribution in [3.05, 3.63) is 0 Å². The van der Waals surface area contributed by atoms with Gasteiger partial charge in [0.25, 0.3) is 0 Å². The molecule has 0 amide bonds. The highest BCUT2D eigenvalue weighted by Gasteiger charge is 2.55. The van der Waals surface area contributed by atoms with Gasteiger partial charge < -0.3 is 5.11 Å². The molecule has 3 heterocycles. The number of hydrogen-bond donors (Lipinski definition) is 1. The predicted molar refractivity (Wildman–Crippen MR) is 42.1 cm³/mol. The molecule has 3 saturated heterocycles. The zero-order valence-corrected chi connectivity index (χ0v) is 6.79. The molecule has 11 heavy (non-hydrogen) atoms. The molecule has 0 bridgehead atoms. The van der Waals surface area contributed by atoms with Gasteiger partial charge in [0, 0.05) is 12.1 Å². The summed E-state index contributed by atoms with van der Waals surface area (Å²) in [7, 11) is 0. The molecule has 2 nitrogen and oxygen atoms in total. The van der Waals surface area contributed by atoms with E-state index >= 15 is 0 Å². The summed E-state index contributed by atoms with van der Waals surface area (Å²) < 4.78 is 0. The highest BCUT2D eigenvalue weighted by molar-refractivity contribution is 5.05. The molecule has 0 radical (unpaired) electrons. The topological polar surface area (TPSA) is 23.5 Å². The first-order chi connectivity index (χ1) is 5.30. The molecule has 3 rings (SSSR count). The van der Waals surface area contributed by atoms with Crippen LogP contribution in [-0.4, -0.2) is 27.8 Å². The van der Waals surface area contributed by atoms with E-state index in [-0.39, 0.29) is 5.72 Å². The number of hydrogen-bond acceptors (Lipinski definition) is 2. The third-order valence-corrected chi connectivity index (χ3v) is 3.86. The van der Waals surface area contributed by atoms with Crippen molar-refractivity contribution >= 4 is 0 Å². The Hall–Kier alpha value is -0.0800. The zero-order valence-electron chi connectivity index (χ0n) is 6.79. The fourth-order valence-corrected chi connectivity index (χ4v) is 3.39. The summed E-state index contributed by atoms with van der Waals surface area (Å²) in [5.74, 6) is 0. The Labute approximate surface area is 67.2 Å². The zero-order chi connectivity index (χ0) is 7.47. The van der Waals surface area contributed by atoms with Gasteiger partial charge in [0.1, 0.15) is 5.72 Å². The smallest absolute Gasteiger partial charge is 0.119 e. The van der Waals surface area contributed by atoms with Crippen LogP contribution in [-0.2, 0) is 0 Å². The molecule has 0 aromatic rings. The first-order valence-corrected chi connectivity index (χ1v) is 4.80. The summed E-state index contributed by atoms with van der Waals surface area (Å²) >= 11 is 0. The molecule has 1 N–H and O–H groups in total. The molecule has 3 atom stereocenters. The fraction of sp³-hybridized carbons (Fsp3) is 1.00. The molecule has 62 valence electrons. The SMILES string of the molecule is OC12CC[C@H]3CC[C@@H](CC1)N32. The minimum Gasteiger partial charge on any atom is -0.376 e. The molecule has 0 aliphatic carbocycles. The Bertz CT molecular complexity index is 176. The minimum absolute atomic E-state index is 0.355. The van der Waals surface area contributed by atoms with Crippen LogP contribution in [0.5, 0.6) is 0 Å². The van der Waals surface area contributed by atoms with E-state index in [1.165, 1.54) is 25.7 Å². The lowest BCUT2D eigenvalue weighted by Crippen LogP contribution is -2.41. The summed E-state index contributed by atoms with van der Waals surface area (Å²) in [5, 5.41) is 10.1. The van der Waals surface area contributed by atoms with Gasteiger partial charge in [-0.15, -0.1) is 0 Å². The molecular weight excluding hydrogens is 138 g/mol. The second kappa shape index (κ2) is 1.80. The van der Waals surface area contributed by atoms with Crippen molar-refractivity contribution < 1.29 is 5.11 Å². The van der Waals surface area contributed by atoms with Crippen molar-refractivity contribution in [3.63, 3.8) is 0 Å². The standard InChI is InChI=1S/C9H15NO/c11-9-5-3-7-1-2-8(4-6-9)10(7)9/h7-8,11H,1-6H2/t7-,8+,9?. The molecule has 0 aromatic carbocycles. The second-order valence-electron chi connectivity index (χ2n) is 4.35. The molecule has 3 fully saturated rings. The Morgan fingerprint density at radius 3 is 2.09 bits per heavy atom. The first-order valence-electron chi connectivity index (χ1n) is 4.80. The van der Waals surface area contributed by atoms with Crippen LogP contribution in [0, 0.1) is 0 Å². The van der Waals surface area contributed by atoms with Crippen molar-refractivity contribution in [2.45, 2.75) is 56.3 Å². The van der Waals surface area contributed by atoms with Crippen molar-refractivity contribution in [1.29, 1.82) is 0 Å². The Kier molecular flexibility index (Phi) is 1.06. The highest BCUT2D eigenvalue weighted by Crippen LogP contribution is 2.50. The van der Waals surface area contributed by atoms with Gasteiger partial charge in [-0.25, -0.2) is 0 Å². The van der Waals surface area contributed by atoms with Gasteiger partial charge >= 0.3 is 0 Å². The average Bonchev–Trinajstić information content (AvgIpc) is 2.54. The van der Waals surface area contributed by atoms with Crippen molar-refractivity contribution in [2.75, 3.05) is 0 Å². The molecule has 3 aliphatic heterocycles. The van der Waals surface area contributed by atoms with Crippen molar-refractivity contribution in [3.8, 4) is 0 Å². The molecule has 0 saturated carbocycles. The van der Waals surface area contributed by atoms with E-state index in [2.05, 4.69) is 4.90 Å². The van der Waals surface area contributed by atoms with Gasteiger partial charge in [-0.3, -0.25) is 4.90 Å². The number of aliphatic hydroxyl groups is 1. The maximum absolute atomic E-state index is 10.1. The average molecular weight is 153 g/mol. The van der Waals surface area contributed by atoms with Crippen LogP contribution in [0.2, 0.25) is 0 Å². The fourth-order valence-electron chi connectivity index (χ4n) is 3.39.